The molecule has 0 radical (unpaired) electrons. The molecule has 5 aromatic rings. The molecular weight excluding hydrogens is 478 g/mol. The minimum absolute atomic E-state index is 0.217. The monoisotopic (exact) mass is 495 g/mol. The second-order valence-corrected chi connectivity index (χ2v) is 8.22. The Labute approximate surface area is 198 Å². The van der Waals surface area contributed by atoms with Gasteiger partial charge in [0, 0.05) is 10.0 Å². The van der Waals surface area contributed by atoms with Crippen LogP contribution in [0.15, 0.2) is 117 Å². The largest absolute Gasteiger partial charge is 0.457 e. The van der Waals surface area contributed by atoms with E-state index in [9.17, 15) is 4.79 Å². The first-order valence-corrected chi connectivity index (χ1v) is 11.1. The standard InChI is InChI=1S/C27H18BrN3O2/c28-21-12-16-23(17-13-21)33-22-14-10-19(11-15-22)18-29-31-26(20-6-2-1-3-7-20)30-25-9-5-4-8-24(25)27(31)32/h1-18H/b29-18+. The van der Waals surface area contributed by atoms with Crippen molar-refractivity contribution in [3.05, 3.63) is 124 Å². The highest BCUT2D eigenvalue weighted by molar-refractivity contribution is 9.10. The first-order valence-electron chi connectivity index (χ1n) is 10.3. The van der Waals surface area contributed by atoms with E-state index in [0.717, 1.165) is 21.3 Å². The molecule has 0 N–H and O–H groups in total. The van der Waals surface area contributed by atoms with Crippen molar-refractivity contribution in [1.82, 2.24) is 9.66 Å². The van der Waals surface area contributed by atoms with Gasteiger partial charge in [0.05, 0.1) is 17.1 Å². The summed E-state index contributed by atoms with van der Waals surface area (Å²) in [6, 6.07) is 32.0. The molecular formula is C27H18BrN3O2. The summed E-state index contributed by atoms with van der Waals surface area (Å²) in [5.74, 6) is 1.95. The van der Waals surface area contributed by atoms with Crippen molar-refractivity contribution in [2.75, 3.05) is 0 Å². The third-order valence-electron chi connectivity index (χ3n) is 5.04. The predicted molar refractivity (Wildman–Crippen MR) is 135 cm³/mol. The lowest BCUT2D eigenvalue weighted by atomic mass is 10.2. The molecule has 4 aromatic carbocycles. The molecule has 0 aliphatic heterocycles. The van der Waals surface area contributed by atoms with Crippen molar-refractivity contribution in [1.29, 1.82) is 0 Å². The minimum Gasteiger partial charge on any atom is -0.457 e. The number of para-hydroxylation sites is 1. The zero-order chi connectivity index (χ0) is 22.6. The number of nitrogens with zero attached hydrogens (tertiary/aromatic N) is 3. The molecule has 33 heavy (non-hydrogen) atoms. The van der Waals surface area contributed by atoms with Crippen molar-refractivity contribution in [3.8, 4) is 22.9 Å². The molecule has 0 unspecified atom stereocenters. The van der Waals surface area contributed by atoms with E-state index < -0.39 is 0 Å². The fourth-order valence-corrected chi connectivity index (χ4v) is 3.65. The molecule has 5 nitrogen and oxygen atoms in total. The predicted octanol–water partition coefficient (Wildman–Crippen LogP) is 6.50. The Hall–Kier alpha value is -4.03. The molecule has 0 aliphatic rings. The summed E-state index contributed by atoms with van der Waals surface area (Å²) in [7, 11) is 0. The van der Waals surface area contributed by atoms with Gasteiger partial charge in [-0.1, -0.05) is 58.4 Å². The fraction of sp³-hybridized carbons (Fsp3) is 0. The number of fused-ring (bicyclic) bond motifs is 1. The second kappa shape index (κ2) is 9.22. The van der Waals surface area contributed by atoms with Crippen LogP contribution in [0.1, 0.15) is 5.56 Å². The second-order valence-electron chi connectivity index (χ2n) is 7.31. The molecule has 5 rings (SSSR count). The maximum Gasteiger partial charge on any atom is 0.282 e. The average molecular weight is 496 g/mol. The molecule has 0 spiro atoms. The number of rotatable bonds is 5. The van der Waals surface area contributed by atoms with Gasteiger partial charge in [0.1, 0.15) is 11.5 Å². The number of hydrogen-bond donors (Lipinski definition) is 0. The summed E-state index contributed by atoms with van der Waals surface area (Å²) >= 11 is 3.42. The van der Waals surface area contributed by atoms with Gasteiger partial charge in [0.2, 0.25) is 0 Å². The molecule has 1 aromatic heterocycles. The first kappa shape index (κ1) is 20.8. The lowest BCUT2D eigenvalue weighted by molar-refractivity contribution is 0.482. The fourth-order valence-electron chi connectivity index (χ4n) is 3.39. The van der Waals surface area contributed by atoms with Gasteiger partial charge in [0.15, 0.2) is 5.82 Å². The molecule has 0 fully saturated rings. The van der Waals surface area contributed by atoms with Gasteiger partial charge in [-0.3, -0.25) is 4.79 Å². The topological polar surface area (TPSA) is 56.5 Å². The molecule has 0 atom stereocenters. The van der Waals surface area contributed by atoms with E-state index >= 15 is 0 Å². The molecule has 6 heteroatoms. The lowest BCUT2D eigenvalue weighted by Crippen LogP contribution is -2.20. The van der Waals surface area contributed by atoms with E-state index in [1.54, 1.807) is 12.3 Å². The Morgan fingerprint density at radius 3 is 2.15 bits per heavy atom. The molecule has 0 saturated carbocycles. The number of aromatic nitrogens is 2. The molecule has 0 saturated heterocycles. The van der Waals surface area contributed by atoms with Gasteiger partial charge in [-0.2, -0.15) is 9.78 Å². The van der Waals surface area contributed by atoms with Crippen LogP contribution in [0.25, 0.3) is 22.3 Å². The van der Waals surface area contributed by atoms with Gasteiger partial charge < -0.3 is 4.74 Å². The quantitative estimate of drug-likeness (QED) is 0.261. The summed E-state index contributed by atoms with van der Waals surface area (Å²) < 4.78 is 8.21. The highest BCUT2D eigenvalue weighted by Crippen LogP contribution is 2.23. The summed E-state index contributed by atoms with van der Waals surface area (Å²) in [5.41, 5.74) is 2.07. The highest BCUT2D eigenvalue weighted by atomic mass is 79.9. The van der Waals surface area contributed by atoms with Gasteiger partial charge in [-0.25, -0.2) is 4.98 Å². The summed E-state index contributed by atoms with van der Waals surface area (Å²) in [6.45, 7) is 0. The van der Waals surface area contributed by atoms with Crippen LogP contribution in [0.2, 0.25) is 0 Å². The summed E-state index contributed by atoms with van der Waals surface area (Å²) in [4.78, 5) is 17.9. The third-order valence-corrected chi connectivity index (χ3v) is 5.57. The van der Waals surface area contributed by atoms with Gasteiger partial charge in [-0.05, 0) is 66.2 Å². The highest BCUT2D eigenvalue weighted by Gasteiger charge is 2.11. The Morgan fingerprint density at radius 2 is 1.42 bits per heavy atom. The summed E-state index contributed by atoms with van der Waals surface area (Å²) in [5, 5.41) is 5.02. The van der Waals surface area contributed by atoms with Crippen molar-refractivity contribution in [2.24, 2.45) is 5.10 Å². The van der Waals surface area contributed by atoms with Crippen molar-refractivity contribution >= 4 is 33.0 Å². The maximum atomic E-state index is 13.2. The molecule has 160 valence electrons. The van der Waals surface area contributed by atoms with Gasteiger partial charge in [-0.15, -0.1) is 0 Å². The zero-order valence-corrected chi connectivity index (χ0v) is 19.0. The Balaban J connectivity index is 1.48. The number of halogens is 1. The molecule has 0 bridgehead atoms. The summed E-state index contributed by atoms with van der Waals surface area (Å²) in [6.07, 6.45) is 1.65. The van der Waals surface area contributed by atoms with Gasteiger partial charge in [0.25, 0.3) is 5.56 Å². The van der Waals surface area contributed by atoms with E-state index in [1.165, 1.54) is 4.68 Å². The van der Waals surface area contributed by atoms with Crippen LogP contribution in [-0.2, 0) is 0 Å². The average Bonchev–Trinajstić information content (AvgIpc) is 2.86. The number of hydrogen-bond acceptors (Lipinski definition) is 4. The van der Waals surface area contributed by atoms with Crippen LogP contribution in [0, 0.1) is 0 Å². The van der Waals surface area contributed by atoms with Crippen LogP contribution >= 0.6 is 15.9 Å². The van der Waals surface area contributed by atoms with E-state index in [-0.39, 0.29) is 5.56 Å². The lowest BCUT2D eigenvalue weighted by Gasteiger charge is -2.09. The Morgan fingerprint density at radius 1 is 0.788 bits per heavy atom. The smallest absolute Gasteiger partial charge is 0.282 e. The Bertz CT molecular complexity index is 1490. The van der Waals surface area contributed by atoms with Crippen molar-refractivity contribution in [2.45, 2.75) is 0 Å². The van der Waals surface area contributed by atoms with Crippen LogP contribution in [-0.4, -0.2) is 15.9 Å². The normalized spacial score (nSPS) is 11.2. The van der Waals surface area contributed by atoms with Crippen molar-refractivity contribution < 1.29 is 4.74 Å². The SMILES string of the molecule is O=c1c2ccccc2nc(-c2ccccc2)n1/N=C/c1ccc(Oc2ccc(Br)cc2)cc1. The van der Waals surface area contributed by atoms with Crippen LogP contribution in [0.3, 0.4) is 0 Å². The van der Waals surface area contributed by atoms with E-state index in [4.69, 9.17) is 9.72 Å². The number of ether oxygens (including phenoxy) is 1. The molecule has 0 amide bonds. The van der Waals surface area contributed by atoms with E-state index in [2.05, 4.69) is 21.0 Å². The van der Waals surface area contributed by atoms with E-state index in [1.807, 2.05) is 97.1 Å². The molecule has 1 heterocycles. The molecule has 0 aliphatic carbocycles. The van der Waals surface area contributed by atoms with E-state index in [0.29, 0.717) is 22.5 Å². The maximum absolute atomic E-state index is 13.2. The number of benzene rings is 4. The van der Waals surface area contributed by atoms with Crippen molar-refractivity contribution in [3.63, 3.8) is 0 Å². The van der Waals surface area contributed by atoms with Crippen LogP contribution < -0.4 is 10.3 Å². The third kappa shape index (κ3) is 4.61. The van der Waals surface area contributed by atoms with Crippen LogP contribution in [0.4, 0.5) is 0 Å². The minimum atomic E-state index is -0.217. The van der Waals surface area contributed by atoms with Crippen LogP contribution in [0.5, 0.6) is 11.5 Å². The Kier molecular flexibility index (Phi) is 5.83. The van der Waals surface area contributed by atoms with Gasteiger partial charge >= 0.3 is 0 Å². The zero-order valence-electron chi connectivity index (χ0n) is 17.4. The first-order chi connectivity index (χ1) is 16.2.